The first-order chi connectivity index (χ1) is 14.3. The number of benzene rings is 2. The zero-order chi connectivity index (χ0) is 21.5. The van der Waals surface area contributed by atoms with Crippen LogP contribution in [0.15, 0.2) is 53.4 Å². The van der Waals surface area contributed by atoms with Gasteiger partial charge in [0, 0.05) is 11.1 Å². The lowest BCUT2D eigenvalue weighted by Crippen LogP contribution is -2.49. The molecule has 2 aliphatic rings. The zero-order valence-electron chi connectivity index (χ0n) is 16.0. The Hall–Kier alpha value is -2.29. The van der Waals surface area contributed by atoms with Crippen LogP contribution in [0.4, 0.5) is 10.1 Å². The SMILES string of the molecule is O=C1CC(N(C2CCCC2)S(=O)(=O)c2ccc(F)cc2)C(=O)N1c1ccc(Cl)cc1. The number of anilines is 1. The highest BCUT2D eigenvalue weighted by molar-refractivity contribution is 7.89. The molecule has 2 amide bonds. The Labute approximate surface area is 179 Å². The van der Waals surface area contributed by atoms with Crippen molar-refractivity contribution in [1.29, 1.82) is 0 Å². The van der Waals surface area contributed by atoms with E-state index in [1.54, 1.807) is 24.3 Å². The smallest absolute Gasteiger partial charge is 0.252 e. The summed E-state index contributed by atoms with van der Waals surface area (Å²) < 4.78 is 41.4. The summed E-state index contributed by atoms with van der Waals surface area (Å²) >= 11 is 5.89. The molecule has 4 rings (SSSR count). The van der Waals surface area contributed by atoms with E-state index in [1.807, 2.05) is 0 Å². The molecule has 0 bridgehead atoms. The molecule has 0 spiro atoms. The summed E-state index contributed by atoms with van der Waals surface area (Å²) in [6, 6.07) is 9.23. The van der Waals surface area contributed by atoms with Crippen molar-refractivity contribution in [3.8, 4) is 0 Å². The van der Waals surface area contributed by atoms with Gasteiger partial charge in [-0.1, -0.05) is 24.4 Å². The summed E-state index contributed by atoms with van der Waals surface area (Å²) in [5.74, 6) is -1.60. The maximum Gasteiger partial charge on any atom is 0.252 e. The number of rotatable bonds is 5. The number of nitrogens with zero attached hydrogens (tertiary/aromatic N) is 2. The highest BCUT2D eigenvalue weighted by Gasteiger charge is 2.49. The molecule has 1 atom stereocenters. The van der Waals surface area contributed by atoms with Gasteiger partial charge in [0.15, 0.2) is 0 Å². The van der Waals surface area contributed by atoms with E-state index in [2.05, 4.69) is 0 Å². The zero-order valence-corrected chi connectivity index (χ0v) is 17.6. The first-order valence-electron chi connectivity index (χ1n) is 9.70. The van der Waals surface area contributed by atoms with Gasteiger partial charge in [-0.25, -0.2) is 17.7 Å². The van der Waals surface area contributed by atoms with Crippen LogP contribution in [-0.2, 0) is 19.6 Å². The molecular formula is C21H20ClFN2O4S. The molecule has 1 unspecified atom stereocenters. The fourth-order valence-electron chi connectivity index (χ4n) is 4.18. The minimum Gasteiger partial charge on any atom is -0.274 e. The second kappa shape index (κ2) is 8.09. The summed E-state index contributed by atoms with van der Waals surface area (Å²) in [4.78, 5) is 26.9. The van der Waals surface area contributed by atoms with Gasteiger partial charge in [-0.2, -0.15) is 4.31 Å². The maximum absolute atomic E-state index is 13.5. The van der Waals surface area contributed by atoms with Gasteiger partial charge in [0.05, 0.1) is 17.0 Å². The fraction of sp³-hybridized carbons (Fsp3) is 0.333. The number of hydrogen-bond acceptors (Lipinski definition) is 4. The maximum atomic E-state index is 13.5. The van der Waals surface area contributed by atoms with Gasteiger partial charge in [0.2, 0.25) is 15.9 Å². The van der Waals surface area contributed by atoms with Crippen LogP contribution in [0, 0.1) is 5.82 Å². The summed E-state index contributed by atoms with van der Waals surface area (Å²) in [6.45, 7) is 0. The molecule has 1 saturated heterocycles. The third kappa shape index (κ3) is 3.75. The Balaban J connectivity index is 1.73. The molecule has 2 aromatic carbocycles. The predicted octanol–water partition coefficient (Wildman–Crippen LogP) is 3.74. The quantitative estimate of drug-likeness (QED) is 0.650. The molecule has 1 saturated carbocycles. The summed E-state index contributed by atoms with van der Waals surface area (Å²) in [6.07, 6.45) is 2.67. The first-order valence-corrected chi connectivity index (χ1v) is 11.5. The average Bonchev–Trinajstić information content (AvgIpc) is 3.32. The van der Waals surface area contributed by atoms with E-state index in [0.29, 0.717) is 23.6 Å². The van der Waals surface area contributed by atoms with Crippen LogP contribution >= 0.6 is 11.6 Å². The van der Waals surface area contributed by atoms with Crippen LogP contribution in [0.3, 0.4) is 0 Å². The van der Waals surface area contributed by atoms with Gasteiger partial charge >= 0.3 is 0 Å². The molecule has 9 heteroatoms. The van der Waals surface area contributed by atoms with Crippen molar-refractivity contribution in [2.24, 2.45) is 0 Å². The Morgan fingerprint density at radius 1 is 0.967 bits per heavy atom. The van der Waals surface area contributed by atoms with E-state index in [9.17, 15) is 22.4 Å². The molecule has 6 nitrogen and oxygen atoms in total. The van der Waals surface area contributed by atoms with Crippen LogP contribution in [0.25, 0.3) is 0 Å². The largest absolute Gasteiger partial charge is 0.274 e. The van der Waals surface area contributed by atoms with Crippen molar-refractivity contribution < 1.29 is 22.4 Å². The fourth-order valence-corrected chi connectivity index (χ4v) is 6.13. The van der Waals surface area contributed by atoms with Crippen molar-refractivity contribution in [3.63, 3.8) is 0 Å². The third-order valence-electron chi connectivity index (χ3n) is 5.59. The molecule has 1 aliphatic carbocycles. The number of imide groups is 1. The highest BCUT2D eigenvalue weighted by atomic mass is 35.5. The molecule has 1 heterocycles. The monoisotopic (exact) mass is 450 g/mol. The van der Waals surface area contributed by atoms with Gasteiger partial charge in [-0.05, 0) is 61.4 Å². The molecule has 2 aromatic rings. The van der Waals surface area contributed by atoms with Crippen LogP contribution in [0.5, 0.6) is 0 Å². The average molecular weight is 451 g/mol. The van der Waals surface area contributed by atoms with Gasteiger partial charge in [-0.3, -0.25) is 9.59 Å². The molecule has 0 radical (unpaired) electrons. The number of carbonyl (C=O) groups is 2. The number of halogens is 2. The van der Waals surface area contributed by atoms with Crippen molar-refractivity contribution in [2.45, 2.75) is 49.1 Å². The number of sulfonamides is 1. The molecule has 30 heavy (non-hydrogen) atoms. The highest BCUT2D eigenvalue weighted by Crippen LogP contribution is 2.35. The van der Waals surface area contributed by atoms with Crippen molar-refractivity contribution in [2.75, 3.05) is 4.90 Å². The predicted molar refractivity (Wildman–Crippen MR) is 110 cm³/mol. The van der Waals surface area contributed by atoms with E-state index < -0.39 is 33.7 Å². The Bertz CT molecular complexity index is 1070. The van der Waals surface area contributed by atoms with Gasteiger partial charge in [-0.15, -0.1) is 0 Å². The van der Waals surface area contributed by atoms with Crippen LogP contribution in [0.1, 0.15) is 32.1 Å². The Morgan fingerprint density at radius 2 is 1.57 bits per heavy atom. The second-order valence-corrected chi connectivity index (χ2v) is 9.77. The van der Waals surface area contributed by atoms with Gasteiger partial charge in [0.25, 0.3) is 5.91 Å². The number of hydrogen-bond donors (Lipinski definition) is 0. The minimum absolute atomic E-state index is 0.0963. The lowest BCUT2D eigenvalue weighted by atomic mass is 10.2. The third-order valence-corrected chi connectivity index (χ3v) is 7.82. The van der Waals surface area contributed by atoms with E-state index in [4.69, 9.17) is 11.6 Å². The van der Waals surface area contributed by atoms with Crippen molar-refractivity contribution >= 4 is 39.1 Å². The Morgan fingerprint density at radius 3 is 2.17 bits per heavy atom. The van der Waals surface area contributed by atoms with E-state index in [0.717, 1.165) is 29.9 Å². The van der Waals surface area contributed by atoms with Crippen molar-refractivity contribution in [3.05, 3.63) is 59.4 Å². The first kappa shape index (κ1) is 21.0. The van der Waals surface area contributed by atoms with Crippen molar-refractivity contribution in [1.82, 2.24) is 4.31 Å². The van der Waals surface area contributed by atoms with E-state index in [-0.39, 0.29) is 17.4 Å². The molecule has 2 fully saturated rings. The number of carbonyl (C=O) groups excluding carboxylic acids is 2. The lowest BCUT2D eigenvalue weighted by molar-refractivity contribution is -0.122. The lowest BCUT2D eigenvalue weighted by Gasteiger charge is -2.32. The van der Waals surface area contributed by atoms with Gasteiger partial charge in [0.1, 0.15) is 11.9 Å². The number of amides is 2. The van der Waals surface area contributed by atoms with E-state index >= 15 is 0 Å². The molecule has 0 N–H and O–H groups in total. The topological polar surface area (TPSA) is 74.8 Å². The standard InChI is InChI=1S/C21H20ClFN2O4S/c22-14-5-9-16(10-6-14)24-20(26)13-19(21(24)27)25(17-3-1-2-4-17)30(28,29)18-11-7-15(23)8-12-18/h5-12,17,19H,1-4,13H2. The molecular weight excluding hydrogens is 431 g/mol. The van der Waals surface area contributed by atoms with E-state index in [1.165, 1.54) is 16.4 Å². The minimum atomic E-state index is -4.11. The summed E-state index contributed by atoms with van der Waals surface area (Å²) in [5, 5.41) is 0.459. The Kier molecular flexibility index (Phi) is 5.65. The second-order valence-electron chi connectivity index (χ2n) is 7.49. The molecule has 158 valence electrons. The summed E-state index contributed by atoms with van der Waals surface area (Å²) in [5.41, 5.74) is 0.349. The van der Waals surface area contributed by atoms with Crippen LogP contribution in [0.2, 0.25) is 5.02 Å². The van der Waals surface area contributed by atoms with Crippen LogP contribution < -0.4 is 4.90 Å². The molecule has 1 aliphatic heterocycles. The summed E-state index contributed by atoms with van der Waals surface area (Å²) in [7, 11) is -4.11. The van der Waals surface area contributed by atoms with Gasteiger partial charge < -0.3 is 0 Å². The normalized spacial score (nSPS) is 20.5. The molecule has 0 aromatic heterocycles. The van der Waals surface area contributed by atoms with Crippen LogP contribution in [-0.4, -0.2) is 36.6 Å².